The van der Waals surface area contributed by atoms with Gasteiger partial charge in [-0.2, -0.15) is 0 Å². The van der Waals surface area contributed by atoms with E-state index in [1.807, 2.05) is 0 Å². The van der Waals surface area contributed by atoms with E-state index in [1.165, 1.54) is 45.3 Å². The van der Waals surface area contributed by atoms with E-state index in [2.05, 4.69) is 24.1 Å². The summed E-state index contributed by atoms with van der Waals surface area (Å²) < 4.78 is 5.94. The highest BCUT2D eigenvalue weighted by molar-refractivity contribution is 4.83. The zero-order chi connectivity index (χ0) is 11.4. The monoisotopic (exact) mass is 226 g/mol. The number of rotatable bonds is 5. The van der Waals surface area contributed by atoms with Gasteiger partial charge >= 0.3 is 0 Å². The molecule has 0 amide bonds. The quantitative estimate of drug-likeness (QED) is 0.771. The van der Waals surface area contributed by atoms with Crippen molar-refractivity contribution in [2.45, 2.75) is 57.8 Å². The van der Waals surface area contributed by atoms with Crippen LogP contribution in [0.4, 0.5) is 0 Å². The van der Waals surface area contributed by atoms with Crippen LogP contribution in [-0.4, -0.2) is 49.3 Å². The molecule has 1 N–H and O–H groups in total. The van der Waals surface area contributed by atoms with Crippen LogP contribution in [-0.2, 0) is 4.74 Å². The molecule has 3 unspecified atom stereocenters. The van der Waals surface area contributed by atoms with Crippen LogP contribution in [0.1, 0.15) is 39.5 Å². The lowest BCUT2D eigenvalue weighted by Gasteiger charge is -2.30. The molecule has 0 aliphatic carbocycles. The molecule has 2 rings (SSSR count). The van der Waals surface area contributed by atoms with E-state index in [0.29, 0.717) is 12.2 Å². The van der Waals surface area contributed by atoms with Gasteiger partial charge in [0.1, 0.15) is 0 Å². The number of nitrogens with zero attached hydrogens (tertiary/aromatic N) is 1. The minimum absolute atomic E-state index is 0.482. The number of hydrogen-bond donors (Lipinski definition) is 1. The van der Waals surface area contributed by atoms with Gasteiger partial charge in [0.15, 0.2) is 0 Å². The number of nitrogens with one attached hydrogen (secondary N) is 1. The molecule has 16 heavy (non-hydrogen) atoms. The van der Waals surface area contributed by atoms with Crippen molar-refractivity contribution in [3.8, 4) is 0 Å². The highest BCUT2D eigenvalue weighted by Gasteiger charge is 2.28. The Bertz CT molecular complexity index is 204. The third-order valence-electron chi connectivity index (χ3n) is 3.82. The molecule has 3 heteroatoms. The van der Waals surface area contributed by atoms with Gasteiger partial charge in [0, 0.05) is 19.1 Å². The van der Waals surface area contributed by atoms with Crippen molar-refractivity contribution in [2.24, 2.45) is 0 Å². The van der Waals surface area contributed by atoms with Gasteiger partial charge in [0.25, 0.3) is 0 Å². The lowest BCUT2D eigenvalue weighted by molar-refractivity contribution is 0.0231. The zero-order valence-corrected chi connectivity index (χ0v) is 10.7. The van der Waals surface area contributed by atoms with Crippen molar-refractivity contribution >= 4 is 0 Å². The summed E-state index contributed by atoms with van der Waals surface area (Å²) in [6, 6.07) is 0.749. The minimum atomic E-state index is 0.482. The van der Waals surface area contributed by atoms with Gasteiger partial charge in [0.2, 0.25) is 0 Å². The van der Waals surface area contributed by atoms with Crippen molar-refractivity contribution in [1.29, 1.82) is 0 Å². The van der Waals surface area contributed by atoms with Crippen LogP contribution in [0.25, 0.3) is 0 Å². The van der Waals surface area contributed by atoms with Crippen LogP contribution in [0.2, 0.25) is 0 Å². The average Bonchev–Trinajstić information content (AvgIpc) is 2.88. The smallest absolute Gasteiger partial charge is 0.0706 e. The van der Waals surface area contributed by atoms with Crippen molar-refractivity contribution in [3.63, 3.8) is 0 Å². The number of hydrogen-bond acceptors (Lipinski definition) is 3. The summed E-state index contributed by atoms with van der Waals surface area (Å²) >= 11 is 0. The predicted octanol–water partition coefficient (Wildman–Crippen LogP) is 1.63. The van der Waals surface area contributed by atoms with Crippen molar-refractivity contribution in [1.82, 2.24) is 10.2 Å². The van der Waals surface area contributed by atoms with Crippen LogP contribution in [0.3, 0.4) is 0 Å². The Labute approximate surface area is 99.5 Å². The van der Waals surface area contributed by atoms with Crippen LogP contribution < -0.4 is 5.32 Å². The molecular formula is C13H26N2O. The highest BCUT2D eigenvalue weighted by atomic mass is 16.5. The van der Waals surface area contributed by atoms with Gasteiger partial charge in [0.05, 0.1) is 12.2 Å². The van der Waals surface area contributed by atoms with Gasteiger partial charge < -0.3 is 10.1 Å². The molecule has 0 bridgehead atoms. The first kappa shape index (κ1) is 12.3. The van der Waals surface area contributed by atoms with E-state index in [4.69, 9.17) is 4.74 Å². The summed E-state index contributed by atoms with van der Waals surface area (Å²) in [5, 5.41) is 3.46. The average molecular weight is 226 g/mol. The molecule has 0 aromatic carbocycles. The second-order valence-corrected chi connectivity index (χ2v) is 5.29. The molecule has 0 saturated carbocycles. The molecule has 0 aromatic rings. The zero-order valence-electron chi connectivity index (χ0n) is 10.7. The third kappa shape index (κ3) is 3.19. The topological polar surface area (TPSA) is 24.5 Å². The van der Waals surface area contributed by atoms with Gasteiger partial charge in [-0.3, -0.25) is 4.90 Å². The maximum absolute atomic E-state index is 5.94. The normalized spacial score (nSPS) is 35.1. The van der Waals surface area contributed by atoms with Crippen molar-refractivity contribution in [2.75, 3.05) is 26.2 Å². The maximum Gasteiger partial charge on any atom is 0.0706 e. The molecule has 2 aliphatic heterocycles. The fourth-order valence-electron chi connectivity index (χ4n) is 2.94. The summed E-state index contributed by atoms with van der Waals surface area (Å²) in [7, 11) is 0. The van der Waals surface area contributed by atoms with Gasteiger partial charge in [-0.1, -0.05) is 6.92 Å². The molecule has 3 atom stereocenters. The molecule has 2 fully saturated rings. The third-order valence-corrected chi connectivity index (χ3v) is 3.82. The van der Waals surface area contributed by atoms with Crippen molar-refractivity contribution < 1.29 is 4.74 Å². The van der Waals surface area contributed by atoms with E-state index in [-0.39, 0.29) is 0 Å². The van der Waals surface area contributed by atoms with Crippen LogP contribution in [0.15, 0.2) is 0 Å². The second-order valence-electron chi connectivity index (χ2n) is 5.29. The lowest BCUT2D eigenvalue weighted by Crippen LogP contribution is -2.42. The first-order chi connectivity index (χ1) is 7.79. The Balaban J connectivity index is 1.81. The lowest BCUT2D eigenvalue weighted by atomic mass is 10.1. The Morgan fingerprint density at radius 2 is 2.19 bits per heavy atom. The Morgan fingerprint density at radius 3 is 2.75 bits per heavy atom. The molecule has 0 radical (unpaired) electrons. The molecule has 0 aromatic heterocycles. The van der Waals surface area contributed by atoms with E-state index in [1.54, 1.807) is 0 Å². The Morgan fingerprint density at radius 1 is 1.31 bits per heavy atom. The highest BCUT2D eigenvalue weighted by Crippen LogP contribution is 2.21. The Hall–Kier alpha value is -0.120. The van der Waals surface area contributed by atoms with Crippen LogP contribution in [0, 0.1) is 0 Å². The molecule has 3 nitrogen and oxygen atoms in total. The summed E-state index contributed by atoms with van der Waals surface area (Å²) in [4.78, 5) is 2.64. The minimum Gasteiger partial charge on any atom is -0.374 e. The SMILES string of the molecule is CCCN(CC1CCC(C)O1)C1CCNC1. The summed E-state index contributed by atoms with van der Waals surface area (Å²) in [6.45, 7) is 9.19. The largest absolute Gasteiger partial charge is 0.374 e. The maximum atomic E-state index is 5.94. The Kier molecular flexibility index (Phi) is 4.62. The van der Waals surface area contributed by atoms with Crippen LogP contribution >= 0.6 is 0 Å². The number of ether oxygens (including phenoxy) is 1. The van der Waals surface area contributed by atoms with E-state index in [9.17, 15) is 0 Å². The van der Waals surface area contributed by atoms with Crippen molar-refractivity contribution in [3.05, 3.63) is 0 Å². The predicted molar refractivity (Wildman–Crippen MR) is 66.7 cm³/mol. The molecule has 2 saturated heterocycles. The summed E-state index contributed by atoms with van der Waals surface area (Å²) in [6.07, 6.45) is 6.02. The molecule has 94 valence electrons. The van der Waals surface area contributed by atoms with Gasteiger partial charge in [-0.25, -0.2) is 0 Å². The second kappa shape index (κ2) is 5.99. The first-order valence-electron chi connectivity index (χ1n) is 6.89. The van der Waals surface area contributed by atoms with Gasteiger partial charge in [-0.15, -0.1) is 0 Å². The van der Waals surface area contributed by atoms with E-state index in [0.717, 1.165) is 12.6 Å². The summed E-state index contributed by atoms with van der Waals surface area (Å²) in [5.41, 5.74) is 0. The molecule has 0 spiro atoms. The summed E-state index contributed by atoms with van der Waals surface area (Å²) in [5.74, 6) is 0. The van der Waals surface area contributed by atoms with E-state index >= 15 is 0 Å². The fourth-order valence-corrected chi connectivity index (χ4v) is 2.94. The standard InChI is InChI=1S/C13H26N2O/c1-3-8-15(12-6-7-14-9-12)10-13-5-4-11(2)16-13/h11-14H,3-10H2,1-2H3. The first-order valence-corrected chi connectivity index (χ1v) is 6.89. The molecule has 2 heterocycles. The molecule has 2 aliphatic rings. The van der Waals surface area contributed by atoms with Crippen LogP contribution in [0.5, 0.6) is 0 Å². The molecular weight excluding hydrogens is 200 g/mol. The van der Waals surface area contributed by atoms with Gasteiger partial charge in [-0.05, 0) is 45.7 Å². The fraction of sp³-hybridized carbons (Fsp3) is 1.00. The van der Waals surface area contributed by atoms with E-state index < -0.39 is 0 Å².